The number of hydrogen-bond acceptors (Lipinski definition) is 2. The second-order valence-corrected chi connectivity index (χ2v) is 5.11. The average Bonchev–Trinajstić information content (AvgIpc) is 2.83. The molecule has 0 spiro atoms. The molecule has 2 aliphatic heterocycles. The first-order valence-corrected chi connectivity index (χ1v) is 6.09. The summed E-state index contributed by atoms with van der Waals surface area (Å²) in [5, 5.41) is 3.37. The maximum absolute atomic E-state index is 13.5. The van der Waals surface area contributed by atoms with Crippen molar-refractivity contribution in [2.24, 2.45) is 11.8 Å². The first kappa shape index (κ1) is 11.1. The van der Waals surface area contributed by atoms with Crippen molar-refractivity contribution >= 4 is 0 Å². The van der Waals surface area contributed by atoms with Crippen LogP contribution in [0.2, 0.25) is 0 Å². The number of nitrogens with one attached hydrogen (secondary N) is 1. The van der Waals surface area contributed by atoms with Crippen LogP contribution in [0.4, 0.5) is 8.78 Å². The molecule has 1 aromatic carbocycles. The van der Waals surface area contributed by atoms with Gasteiger partial charge in [0.25, 0.3) is 0 Å². The van der Waals surface area contributed by atoms with Gasteiger partial charge >= 0.3 is 0 Å². The molecule has 1 aromatic rings. The minimum Gasteiger partial charge on any atom is -0.316 e. The fraction of sp³-hybridized carbons (Fsp3) is 0.538. The number of benzene rings is 1. The fourth-order valence-electron chi connectivity index (χ4n) is 2.99. The molecule has 4 heteroatoms. The molecule has 3 rings (SSSR count). The molecule has 0 saturated carbocycles. The summed E-state index contributed by atoms with van der Waals surface area (Å²) in [7, 11) is 0. The maximum Gasteiger partial charge on any atom is 0.127 e. The zero-order valence-corrected chi connectivity index (χ0v) is 9.63. The van der Waals surface area contributed by atoms with Gasteiger partial charge in [-0.1, -0.05) is 0 Å². The van der Waals surface area contributed by atoms with E-state index in [0.29, 0.717) is 23.9 Å². The number of nitrogens with zero attached hydrogens (tertiary/aromatic N) is 1. The highest BCUT2D eigenvalue weighted by atomic mass is 19.1. The van der Waals surface area contributed by atoms with Gasteiger partial charge in [0.05, 0.1) is 0 Å². The van der Waals surface area contributed by atoms with Crippen LogP contribution in [0, 0.1) is 23.5 Å². The van der Waals surface area contributed by atoms with Crippen LogP contribution in [-0.2, 0) is 6.54 Å². The van der Waals surface area contributed by atoms with Gasteiger partial charge in [0, 0.05) is 25.2 Å². The van der Waals surface area contributed by atoms with E-state index in [1.54, 1.807) is 0 Å². The Kier molecular flexibility index (Phi) is 2.84. The zero-order valence-electron chi connectivity index (χ0n) is 9.63. The van der Waals surface area contributed by atoms with Crippen LogP contribution in [0.1, 0.15) is 5.56 Å². The Morgan fingerprint density at radius 1 is 1.18 bits per heavy atom. The van der Waals surface area contributed by atoms with E-state index in [1.807, 2.05) is 0 Å². The van der Waals surface area contributed by atoms with E-state index in [-0.39, 0.29) is 11.6 Å². The molecule has 0 radical (unpaired) electrons. The summed E-state index contributed by atoms with van der Waals surface area (Å²) in [5.41, 5.74) is 0.470. The van der Waals surface area contributed by atoms with Crippen molar-refractivity contribution in [1.82, 2.24) is 10.2 Å². The molecule has 2 fully saturated rings. The molecule has 2 aliphatic rings. The molecule has 0 bridgehead atoms. The molecule has 0 unspecified atom stereocenters. The van der Waals surface area contributed by atoms with Crippen LogP contribution >= 0.6 is 0 Å². The maximum atomic E-state index is 13.5. The summed E-state index contributed by atoms with van der Waals surface area (Å²) in [6.45, 7) is 4.64. The lowest BCUT2D eigenvalue weighted by Crippen LogP contribution is -2.25. The summed E-state index contributed by atoms with van der Waals surface area (Å²) >= 11 is 0. The lowest BCUT2D eigenvalue weighted by molar-refractivity contribution is 0.300. The molecule has 17 heavy (non-hydrogen) atoms. The molecule has 2 heterocycles. The van der Waals surface area contributed by atoms with E-state index in [0.717, 1.165) is 26.2 Å². The summed E-state index contributed by atoms with van der Waals surface area (Å²) < 4.78 is 26.6. The third kappa shape index (κ3) is 2.19. The lowest BCUT2D eigenvalue weighted by atomic mass is 10.0. The molecule has 92 valence electrons. The summed E-state index contributed by atoms with van der Waals surface area (Å²) in [5.74, 6) is 0.710. The van der Waals surface area contributed by atoms with Crippen LogP contribution in [-0.4, -0.2) is 31.1 Å². The van der Waals surface area contributed by atoms with E-state index in [1.165, 1.54) is 18.2 Å². The number of hydrogen-bond donors (Lipinski definition) is 1. The van der Waals surface area contributed by atoms with Crippen LogP contribution in [0.3, 0.4) is 0 Å². The topological polar surface area (TPSA) is 15.3 Å². The largest absolute Gasteiger partial charge is 0.316 e. The van der Waals surface area contributed by atoms with Gasteiger partial charge in [0.1, 0.15) is 11.6 Å². The van der Waals surface area contributed by atoms with Crippen molar-refractivity contribution in [3.8, 4) is 0 Å². The highest BCUT2D eigenvalue weighted by Gasteiger charge is 2.35. The van der Waals surface area contributed by atoms with Crippen LogP contribution in [0.25, 0.3) is 0 Å². The van der Waals surface area contributed by atoms with E-state index in [4.69, 9.17) is 0 Å². The van der Waals surface area contributed by atoms with E-state index in [9.17, 15) is 8.78 Å². The Bertz CT molecular complexity index is 410. The standard InChI is InChI=1S/C13H16F2N2/c14-12-1-2-13(15)9(3-12)6-17-7-10-4-16-5-11(10)8-17/h1-3,10-11,16H,4-8H2/t10-,11+. The first-order valence-electron chi connectivity index (χ1n) is 6.09. The zero-order chi connectivity index (χ0) is 11.8. The van der Waals surface area contributed by atoms with Crippen molar-refractivity contribution in [2.45, 2.75) is 6.54 Å². The van der Waals surface area contributed by atoms with Crippen molar-refractivity contribution < 1.29 is 8.78 Å². The van der Waals surface area contributed by atoms with Crippen molar-refractivity contribution in [3.05, 3.63) is 35.4 Å². The number of fused-ring (bicyclic) bond motifs is 1. The van der Waals surface area contributed by atoms with Gasteiger partial charge in [-0.2, -0.15) is 0 Å². The van der Waals surface area contributed by atoms with Gasteiger partial charge in [0.2, 0.25) is 0 Å². The Balaban J connectivity index is 1.69. The highest BCUT2D eigenvalue weighted by Crippen LogP contribution is 2.27. The summed E-state index contributed by atoms with van der Waals surface area (Å²) in [4.78, 5) is 2.23. The number of halogens is 2. The Labute approximate surface area is 99.6 Å². The van der Waals surface area contributed by atoms with E-state index in [2.05, 4.69) is 10.2 Å². The Morgan fingerprint density at radius 3 is 2.59 bits per heavy atom. The second-order valence-electron chi connectivity index (χ2n) is 5.11. The third-order valence-corrected chi connectivity index (χ3v) is 3.87. The predicted octanol–water partition coefficient (Wildman–Crippen LogP) is 1.62. The van der Waals surface area contributed by atoms with Crippen LogP contribution < -0.4 is 5.32 Å². The van der Waals surface area contributed by atoms with Crippen molar-refractivity contribution in [2.75, 3.05) is 26.2 Å². The summed E-state index contributed by atoms with van der Waals surface area (Å²) in [6, 6.07) is 3.69. The molecule has 2 saturated heterocycles. The van der Waals surface area contributed by atoms with Crippen LogP contribution in [0.5, 0.6) is 0 Å². The molecule has 0 amide bonds. The predicted molar refractivity (Wildman–Crippen MR) is 61.5 cm³/mol. The smallest absolute Gasteiger partial charge is 0.127 e. The molecule has 1 N–H and O–H groups in total. The van der Waals surface area contributed by atoms with Crippen molar-refractivity contribution in [3.63, 3.8) is 0 Å². The monoisotopic (exact) mass is 238 g/mol. The third-order valence-electron chi connectivity index (χ3n) is 3.87. The minimum atomic E-state index is -0.359. The molecule has 2 nitrogen and oxygen atoms in total. The van der Waals surface area contributed by atoms with Gasteiger partial charge in [-0.3, -0.25) is 4.90 Å². The minimum absolute atomic E-state index is 0.304. The SMILES string of the molecule is Fc1ccc(F)c(CN2C[C@H]3CNC[C@H]3C2)c1. The Morgan fingerprint density at radius 2 is 1.88 bits per heavy atom. The highest BCUT2D eigenvalue weighted by molar-refractivity contribution is 5.19. The van der Waals surface area contributed by atoms with Gasteiger partial charge in [-0.05, 0) is 43.1 Å². The molecular formula is C13H16F2N2. The number of likely N-dealkylation sites (tertiary alicyclic amines) is 1. The van der Waals surface area contributed by atoms with Gasteiger partial charge in [-0.15, -0.1) is 0 Å². The fourth-order valence-corrected chi connectivity index (χ4v) is 2.99. The normalized spacial score (nSPS) is 28.6. The van der Waals surface area contributed by atoms with E-state index < -0.39 is 0 Å². The molecule has 2 atom stereocenters. The summed E-state index contributed by atoms with van der Waals surface area (Å²) in [6.07, 6.45) is 0. The van der Waals surface area contributed by atoms with Gasteiger partial charge in [0.15, 0.2) is 0 Å². The average molecular weight is 238 g/mol. The van der Waals surface area contributed by atoms with Crippen molar-refractivity contribution in [1.29, 1.82) is 0 Å². The first-order chi connectivity index (χ1) is 8.22. The van der Waals surface area contributed by atoms with Crippen LogP contribution in [0.15, 0.2) is 18.2 Å². The van der Waals surface area contributed by atoms with Gasteiger partial charge < -0.3 is 5.32 Å². The van der Waals surface area contributed by atoms with Gasteiger partial charge in [-0.25, -0.2) is 8.78 Å². The molecule has 0 aliphatic carbocycles. The van der Waals surface area contributed by atoms with E-state index >= 15 is 0 Å². The number of rotatable bonds is 2. The molecular weight excluding hydrogens is 222 g/mol. The lowest BCUT2D eigenvalue weighted by Gasteiger charge is -2.17. The quantitative estimate of drug-likeness (QED) is 0.842. The second kappa shape index (κ2) is 4.35. The Hall–Kier alpha value is -1.00. The molecule has 0 aromatic heterocycles.